The standard InChI is InChI=1S/C15H19N3OS/c1-10(2)13(9-16)14(19)18-12-5-3-4-11(8-12)15-17-6-7-20-15/h3-8,10,13H,9,16H2,1-2H3,(H,18,19). The van der Waals surface area contributed by atoms with Gasteiger partial charge in [0.05, 0.1) is 5.92 Å². The molecule has 5 heteroatoms. The third kappa shape index (κ3) is 3.43. The van der Waals surface area contributed by atoms with Crippen LogP contribution in [0.2, 0.25) is 0 Å². The molecule has 4 nitrogen and oxygen atoms in total. The number of hydrogen-bond acceptors (Lipinski definition) is 4. The minimum atomic E-state index is -0.168. The topological polar surface area (TPSA) is 68.0 Å². The number of nitrogens with zero attached hydrogens (tertiary/aromatic N) is 1. The van der Waals surface area contributed by atoms with Gasteiger partial charge in [0.2, 0.25) is 5.91 Å². The molecule has 0 aliphatic heterocycles. The quantitative estimate of drug-likeness (QED) is 0.889. The molecule has 1 aromatic carbocycles. The Morgan fingerprint density at radius 3 is 2.85 bits per heavy atom. The highest BCUT2D eigenvalue weighted by molar-refractivity contribution is 7.13. The van der Waals surface area contributed by atoms with E-state index in [4.69, 9.17) is 5.73 Å². The van der Waals surface area contributed by atoms with Crippen molar-refractivity contribution in [2.45, 2.75) is 13.8 Å². The number of carbonyl (C=O) groups excluding carboxylic acids is 1. The lowest BCUT2D eigenvalue weighted by Crippen LogP contribution is -2.33. The van der Waals surface area contributed by atoms with E-state index >= 15 is 0 Å². The molecule has 0 fully saturated rings. The zero-order valence-electron chi connectivity index (χ0n) is 11.7. The molecule has 2 rings (SSSR count). The van der Waals surface area contributed by atoms with Crippen LogP contribution in [-0.2, 0) is 4.79 Å². The van der Waals surface area contributed by atoms with Crippen molar-refractivity contribution in [3.63, 3.8) is 0 Å². The number of nitrogens with two attached hydrogens (primary N) is 1. The maximum atomic E-state index is 12.2. The molecule has 106 valence electrons. The van der Waals surface area contributed by atoms with Crippen LogP contribution in [0.1, 0.15) is 13.8 Å². The van der Waals surface area contributed by atoms with Gasteiger partial charge in [0.1, 0.15) is 5.01 Å². The maximum Gasteiger partial charge on any atom is 0.229 e. The average Bonchev–Trinajstić information content (AvgIpc) is 2.93. The van der Waals surface area contributed by atoms with E-state index in [0.717, 1.165) is 16.3 Å². The Morgan fingerprint density at radius 2 is 2.25 bits per heavy atom. The molecule has 0 radical (unpaired) electrons. The SMILES string of the molecule is CC(C)C(CN)C(=O)Nc1cccc(-c2nccs2)c1. The van der Waals surface area contributed by atoms with Crippen molar-refractivity contribution < 1.29 is 4.79 Å². The summed E-state index contributed by atoms with van der Waals surface area (Å²) in [5.41, 5.74) is 7.45. The monoisotopic (exact) mass is 289 g/mol. The van der Waals surface area contributed by atoms with Crippen molar-refractivity contribution in [1.29, 1.82) is 0 Å². The smallest absolute Gasteiger partial charge is 0.229 e. The highest BCUT2D eigenvalue weighted by Gasteiger charge is 2.20. The summed E-state index contributed by atoms with van der Waals surface area (Å²) in [5.74, 6) is 0.0273. The summed E-state index contributed by atoms with van der Waals surface area (Å²) in [6, 6.07) is 7.71. The first kappa shape index (κ1) is 14.7. The molecule has 0 saturated heterocycles. The third-order valence-corrected chi connectivity index (χ3v) is 4.03. The van der Waals surface area contributed by atoms with Crippen LogP contribution in [0.3, 0.4) is 0 Å². The molecule has 0 saturated carbocycles. The highest BCUT2D eigenvalue weighted by Crippen LogP contribution is 2.24. The van der Waals surface area contributed by atoms with E-state index in [2.05, 4.69) is 10.3 Å². The van der Waals surface area contributed by atoms with Gasteiger partial charge in [-0.05, 0) is 18.1 Å². The van der Waals surface area contributed by atoms with Crippen molar-refractivity contribution >= 4 is 22.9 Å². The minimum absolute atomic E-state index is 0.0289. The summed E-state index contributed by atoms with van der Waals surface area (Å²) < 4.78 is 0. The highest BCUT2D eigenvalue weighted by atomic mass is 32.1. The number of thiazole rings is 1. The number of nitrogens with one attached hydrogen (secondary N) is 1. The third-order valence-electron chi connectivity index (χ3n) is 3.20. The van der Waals surface area contributed by atoms with E-state index in [-0.39, 0.29) is 17.7 Å². The van der Waals surface area contributed by atoms with Crippen molar-refractivity contribution in [1.82, 2.24) is 4.98 Å². The van der Waals surface area contributed by atoms with Gasteiger partial charge >= 0.3 is 0 Å². The molecule has 0 aliphatic carbocycles. The fourth-order valence-corrected chi connectivity index (χ4v) is 2.65. The molecule has 20 heavy (non-hydrogen) atoms. The van der Waals surface area contributed by atoms with Gasteiger partial charge in [-0.3, -0.25) is 4.79 Å². The Morgan fingerprint density at radius 1 is 1.45 bits per heavy atom. The van der Waals surface area contributed by atoms with E-state index in [0.29, 0.717) is 6.54 Å². The molecule has 1 unspecified atom stereocenters. The zero-order chi connectivity index (χ0) is 14.5. The van der Waals surface area contributed by atoms with Crippen LogP contribution in [-0.4, -0.2) is 17.4 Å². The second-order valence-corrected chi connectivity index (χ2v) is 5.89. The van der Waals surface area contributed by atoms with Gasteiger partial charge in [-0.1, -0.05) is 26.0 Å². The van der Waals surface area contributed by atoms with Crippen molar-refractivity contribution in [2.75, 3.05) is 11.9 Å². The summed E-state index contributed by atoms with van der Waals surface area (Å²) in [7, 11) is 0. The van der Waals surface area contributed by atoms with Gasteiger partial charge in [0.15, 0.2) is 0 Å². The Hall–Kier alpha value is -1.72. The lowest BCUT2D eigenvalue weighted by molar-refractivity contribution is -0.120. The maximum absolute atomic E-state index is 12.2. The molecule has 2 aromatic rings. The Bertz CT molecular complexity index is 566. The normalized spacial score (nSPS) is 12.4. The Labute approximate surface area is 123 Å². The van der Waals surface area contributed by atoms with Crippen LogP contribution in [0, 0.1) is 11.8 Å². The van der Waals surface area contributed by atoms with Gasteiger partial charge in [0.25, 0.3) is 0 Å². The van der Waals surface area contributed by atoms with E-state index in [1.807, 2.05) is 43.5 Å². The number of carbonyl (C=O) groups is 1. The van der Waals surface area contributed by atoms with E-state index in [1.54, 1.807) is 17.5 Å². The molecular formula is C15H19N3OS. The van der Waals surface area contributed by atoms with E-state index < -0.39 is 0 Å². The van der Waals surface area contributed by atoms with Crippen molar-refractivity contribution in [2.24, 2.45) is 17.6 Å². The Kier molecular flexibility index (Phi) is 4.87. The van der Waals surface area contributed by atoms with Gasteiger partial charge in [-0.2, -0.15) is 0 Å². The summed E-state index contributed by atoms with van der Waals surface area (Å²) in [5, 5.41) is 5.81. The molecule has 0 spiro atoms. The molecule has 1 amide bonds. The number of aromatic nitrogens is 1. The largest absolute Gasteiger partial charge is 0.330 e. The first-order chi connectivity index (χ1) is 9.61. The molecule has 1 aromatic heterocycles. The lowest BCUT2D eigenvalue weighted by Gasteiger charge is -2.18. The number of rotatable bonds is 5. The van der Waals surface area contributed by atoms with E-state index in [9.17, 15) is 4.79 Å². The second-order valence-electron chi connectivity index (χ2n) is 4.99. The van der Waals surface area contributed by atoms with Gasteiger partial charge in [-0.15, -0.1) is 11.3 Å². The molecule has 0 bridgehead atoms. The molecule has 3 N–H and O–H groups in total. The first-order valence-corrected chi connectivity index (χ1v) is 7.50. The number of hydrogen-bond donors (Lipinski definition) is 2. The second kappa shape index (κ2) is 6.63. The predicted molar refractivity (Wildman–Crippen MR) is 83.6 cm³/mol. The fraction of sp³-hybridized carbons (Fsp3) is 0.333. The van der Waals surface area contributed by atoms with Gasteiger partial charge in [0, 0.05) is 29.4 Å². The Balaban J connectivity index is 2.14. The van der Waals surface area contributed by atoms with E-state index in [1.165, 1.54) is 0 Å². The van der Waals surface area contributed by atoms with Crippen LogP contribution in [0.5, 0.6) is 0 Å². The average molecular weight is 289 g/mol. The minimum Gasteiger partial charge on any atom is -0.330 e. The fourth-order valence-electron chi connectivity index (χ4n) is 2.01. The number of benzene rings is 1. The zero-order valence-corrected chi connectivity index (χ0v) is 12.5. The van der Waals surface area contributed by atoms with Gasteiger partial charge < -0.3 is 11.1 Å². The van der Waals surface area contributed by atoms with Crippen LogP contribution in [0.15, 0.2) is 35.8 Å². The van der Waals surface area contributed by atoms with Crippen LogP contribution < -0.4 is 11.1 Å². The van der Waals surface area contributed by atoms with Crippen LogP contribution in [0.25, 0.3) is 10.6 Å². The molecular weight excluding hydrogens is 270 g/mol. The van der Waals surface area contributed by atoms with Crippen LogP contribution >= 0.6 is 11.3 Å². The van der Waals surface area contributed by atoms with Crippen molar-refractivity contribution in [3.8, 4) is 10.6 Å². The summed E-state index contributed by atoms with van der Waals surface area (Å²) in [4.78, 5) is 16.5. The molecule has 1 heterocycles. The summed E-state index contributed by atoms with van der Waals surface area (Å²) in [6.07, 6.45) is 1.77. The first-order valence-electron chi connectivity index (χ1n) is 6.62. The molecule has 0 aliphatic rings. The lowest BCUT2D eigenvalue weighted by atomic mass is 9.95. The number of amides is 1. The summed E-state index contributed by atoms with van der Waals surface area (Å²) >= 11 is 1.58. The van der Waals surface area contributed by atoms with Gasteiger partial charge in [-0.25, -0.2) is 4.98 Å². The van der Waals surface area contributed by atoms with Crippen molar-refractivity contribution in [3.05, 3.63) is 35.8 Å². The summed E-state index contributed by atoms with van der Waals surface area (Å²) in [6.45, 7) is 4.36. The molecule has 1 atom stereocenters. The predicted octanol–water partition coefficient (Wildman–Crippen LogP) is 2.98. The number of anilines is 1. The van der Waals surface area contributed by atoms with Crippen LogP contribution in [0.4, 0.5) is 5.69 Å².